The van der Waals surface area contributed by atoms with Crippen LogP contribution in [-0.2, 0) is 9.63 Å². The van der Waals surface area contributed by atoms with Crippen LogP contribution in [0.15, 0.2) is 4.99 Å². The molecule has 18 heavy (non-hydrogen) atoms. The standard InChI is InChI=1S/C11H25N5O2/c1-3-15-11(14)16(4-2)18-10(17)9(13)7-5-6-8-12/h9H,3-8,12-13H2,1-2H3,(H2,14,15)/t9-/m0/s1. The molecule has 0 heterocycles. The molecule has 1 atom stereocenters. The minimum absolute atomic E-state index is 0.183. The summed E-state index contributed by atoms with van der Waals surface area (Å²) in [5, 5.41) is 1.24. The van der Waals surface area contributed by atoms with E-state index in [2.05, 4.69) is 4.99 Å². The number of aliphatic imine (C=N–C) groups is 1. The van der Waals surface area contributed by atoms with Crippen molar-refractivity contribution in [3.05, 3.63) is 0 Å². The highest BCUT2D eigenvalue weighted by atomic mass is 16.7. The molecule has 0 saturated heterocycles. The van der Waals surface area contributed by atoms with Gasteiger partial charge in [0.1, 0.15) is 6.04 Å². The Hall–Kier alpha value is -1.34. The first-order valence-corrected chi connectivity index (χ1v) is 6.31. The van der Waals surface area contributed by atoms with Crippen LogP contribution in [-0.4, -0.2) is 42.7 Å². The summed E-state index contributed by atoms with van der Waals surface area (Å²) in [6.07, 6.45) is 2.20. The Morgan fingerprint density at radius 3 is 2.56 bits per heavy atom. The Labute approximate surface area is 108 Å². The van der Waals surface area contributed by atoms with Crippen LogP contribution >= 0.6 is 0 Å². The number of nitrogens with two attached hydrogens (primary N) is 3. The zero-order chi connectivity index (χ0) is 14.0. The Kier molecular flexibility index (Phi) is 8.95. The van der Waals surface area contributed by atoms with Crippen molar-refractivity contribution in [3.63, 3.8) is 0 Å². The van der Waals surface area contributed by atoms with Crippen LogP contribution in [0.5, 0.6) is 0 Å². The monoisotopic (exact) mass is 259 g/mol. The second-order valence-corrected chi connectivity index (χ2v) is 3.83. The number of hydroxylamine groups is 2. The van der Waals surface area contributed by atoms with Crippen LogP contribution in [0.1, 0.15) is 33.1 Å². The number of hydrogen-bond acceptors (Lipinski definition) is 5. The molecule has 7 heteroatoms. The topological polar surface area (TPSA) is 120 Å². The van der Waals surface area contributed by atoms with Gasteiger partial charge < -0.3 is 22.0 Å². The third-order valence-corrected chi connectivity index (χ3v) is 2.34. The fraction of sp³-hybridized carbons (Fsp3) is 0.818. The molecule has 0 fully saturated rings. The van der Waals surface area contributed by atoms with Crippen LogP contribution in [0.25, 0.3) is 0 Å². The van der Waals surface area contributed by atoms with Gasteiger partial charge in [-0.15, -0.1) is 0 Å². The first kappa shape index (κ1) is 16.7. The summed E-state index contributed by atoms with van der Waals surface area (Å²) in [4.78, 5) is 20.7. The van der Waals surface area contributed by atoms with Gasteiger partial charge in [0.2, 0.25) is 5.96 Å². The molecule has 0 saturated carbocycles. The van der Waals surface area contributed by atoms with E-state index in [-0.39, 0.29) is 5.96 Å². The summed E-state index contributed by atoms with van der Waals surface area (Å²) < 4.78 is 0. The number of rotatable bonds is 7. The van der Waals surface area contributed by atoms with Crippen molar-refractivity contribution in [2.45, 2.75) is 39.2 Å². The summed E-state index contributed by atoms with van der Waals surface area (Å²) >= 11 is 0. The second-order valence-electron chi connectivity index (χ2n) is 3.83. The van der Waals surface area contributed by atoms with Gasteiger partial charge in [0.15, 0.2) is 0 Å². The summed E-state index contributed by atoms with van der Waals surface area (Å²) in [5.41, 5.74) is 16.7. The van der Waals surface area contributed by atoms with Crippen molar-refractivity contribution in [2.24, 2.45) is 22.2 Å². The molecule has 0 bridgehead atoms. The average Bonchev–Trinajstić information content (AvgIpc) is 2.35. The highest BCUT2D eigenvalue weighted by Gasteiger charge is 2.19. The summed E-state index contributed by atoms with van der Waals surface area (Å²) in [5.74, 6) is -0.314. The average molecular weight is 259 g/mol. The number of nitrogens with zero attached hydrogens (tertiary/aromatic N) is 2. The minimum atomic E-state index is -0.653. The maximum Gasteiger partial charge on any atom is 0.349 e. The largest absolute Gasteiger partial charge is 0.367 e. The molecule has 7 nitrogen and oxygen atoms in total. The van der Waals surface area contributed by atoms with Gasteiger partial charge in [-0.1, -0.05) is 6.42 Å². The fourth-order valence-electron chi connectivity index (χ4n) is 1.32. The second kappa shape index (κ2) is 9.67. The van der Waals surface area contributed by atoms with Crippen LogP contribution in [0.3, 0.4) is 0 Å². The zero-order valence-corrected chi connectivity index (χ0v) is 11.3. The quantitative estimate of drug-likeness (QED) is 0.247. The van der Waals surface area contributed by atoms with Crippen LogP contribution in [0, 0.1) is 0 Å². The van der Waals surface area contributed by atoms with E-state index in [4.69, 9.17) is 22.0 Å². The van der Waals surface area contributed by atoms with Gasteiger partial charge >= 0.3 is 5.97 Å². The van der Waals surface area contributed by atoms with Gasteiger partial charge in [-0.25, -0.2) is 4.79 Å². The molecule has 0 radical (unpaired) electrons. The lowest BCUT2D eigenvalue weighted by Gasteiger charge is -2.21. The van der Waals surface area contributed by atoms with Gasteiger partial charge in [-0.3, -0.25) is 4.99 Å². The highest BCUT2D eigenvalue weighted by Crippen LogP contribution is 2.02. The van der Waals surface area contributed by atoms with Gasteiger partial charge in [0.25, 0.3) is 0 Å². The van der Waals surface area contributed by atoms with Crippen molar-refractivity contribution in [1.82, 2.24) is 5.06 Å². The van der Waals surface area contributed by atoms with E-state index in [1.54, 1.807) is 0 Å². The lowest BCUT2D eigenvalue weighted by Crippen LogP contribution is -2.43. The molecule has 0 spiro atoms. The smallest absolute Gasteiger partial charge is 0.349 e. The van der Waals surface area contributed by atoms with Crippen molar-refractivity contribution in [2.75, 3.05) is 19.6 Å². The number of carbonyl (C=O) groups is 1. The van der Waals surface area contributed by atoms with Crippen LogP contribution in [0.2, 0.25) is 0 Å². The maximum atomic E-state index is 11.7. The molecular weight excluding hydrogens is 234 g/mol. The molecular formula is C11H25N5O2. The maximum absolute atomic E-state index is 11.7. The Morgan fingerprint density at radius 1 is 1.39 bits per heavy atom. The highest BCUT2D eigenvalue weighted by molar-refractivity contribution is 5.81. The number of carbonyl (C=O) groups excluding carboxylic acids is 1. The van der Waals surface area contributed by atoms with Gasteiger partial charge in [-0.2, -0.15) is 5.06 Å². The number of hydrogen-bond donors (Lipinski definition) is 3. The van der Waals surface area contributed by atoms with E-state index < -0.39 is 12.0 Å². The first-order valence-electron chi connectivity index (χ1n) is 6.31. The molecule has 0 unspecified atom stereocenters. The molecule has 0 aliphatic heterocycles. The molecule has 0 aromatic heterocycles. The van der Waals surface area contributed by atoms with E-state index in [1.807, 2.05) is 13.8 Å². The van der Waals surface area contributed by atoms with E-state index in [0.717, 1.165) is 12.8 Å². The molecule has 0 rings (SSSR count). The molecule has 0 aromatic rings. The van der Waals surface area contributed by atoms with E-state index in [9.17, 15) is 4.79 Å². The fourth-order valence-corrected chi connectivity index (χ4v) is 1.32. The summed E-state index contributed by atoms with van der Waals surface area (Å²) in [6.45, 7) is 5.21. The van der Waals surface area contributed by atoms with Crippen molar-refractivity contribution >= 4 is 11.9 Å². The van der Waals surface area contributed by atoms with Crippen molar-refractivity contribution in [3.8, 4) is 0 Å². The predicted octanol–water partition coefficient (Wildman–Crippen LogP) is -0.443. The van der Waals surface area contributed by atoms with Gasteiger partial charge in [0, 0.05) is 6.54 Å². The first-order chi connectivity index (χ1) is 8.56. The van der Waals surface area contributed by atoms with Crippen molar-refractivity contribution < 1.29 is 9.63 Å². The SMILES string of the molecule is CCN=C(N)N(CC)OC(=O)[C@@H](N)CCCCN. The van der Waals surface area contributed by atoms with Gasteiger partial charge in [0.05, 0.1) is 6.54 Å². The third-order valence-electron chi connectivity index (χ3n) is 2.34. The van der Waals surface area contributed by atoms with E-state index in [1.165, 1.54) is 5.06 Å². The van der Waals surface area contributed by atoms with Crippen LogP contribution in [0.4, 0.5) is 0 Å². The zero-order valence-electron chi connectivity index (χ0n) is 11.3. The Balaban J connectivity index is 4.21. The predicted molar refractivity (Wildman–Crippen MR) is 71.5 cm³/mol. The van der Waals surface area contributed by atoms with Gasteiger partial charge in [-0.05, 0) is 33.2 Å². The lowest BCUT2D eigenvalue weighted by molar-refractivity contribution is -0.174. The minimum Gasteiger partial charge on any atom is -0.367 e. The normalized spacial score (nSPS) is 13.2. The molecule has 0 aromatic carbocycles. The Bertz CT molecular complexity index is 270. The van der Waals surface area contributed by atoms with E-state index in [0.29, 0.717) is 26.1 Å². The lowest BCUT2D eigenvalue weighted by atomic mass is 10.1. The molecule has 0 amide bonds. The van der Waals surface area contributed by atoms with Crippen molar-refractivity contribution in [1.29, 1.82) is 0 Å². The molecule has 0 aliphatic rings. The molecule has 0 aliphatic carbocycles. The third kappa shape index (κ3) is 6.41. The summed E-state index contributed by atoms with van der Waals surface area (Å²) in [7, 11) is 0. The molecule has 6 N–H and O–H groups in total. The van der Waals surface area contributed by atoms with Crippen LogP contribution < -0.4 is 17.2 Å². The summed E-state index contributed by atoms with van der Waals surface area (Å²) in [6, 6.07) is -0.653. The number of unbranched alkanes of at least 4 members (excludes halogenated alkanes) is 1. The Morgan fingerprint density at radius 2 is 2.06 bits per heavy atom. The van der Waals surface area contributed by atoms with E-state index >= 15 is 0 Å². The molecule has 106 valence electrons. The number of guanidine groups is 1.